The summed E-state index contributed by atoms with van der Waals surface area (Å²) in [6.45, 7) is 1.11. The molecule has 0 bridgehead atoms. The van der Waals surface area contributed by atoms with Crippen molar-refractivity contribution in [2.75, 3.05) is 13.2 Å². The van der Waals surface area contributed by atoms with Crippen LogP contribution in [0.25, 0.3) is 0 Å². The van der Waals surface area contributed by atoms with E-state index in [0.29, 0.717) is 31.3 Å². The number of nitrogens with one attached hydrogen (secondary N) is 1. The van der Waals surface area contributed by atoms with Gasteiger partial charge in [-0.05, 0) is 12.5 Å². The molecule has 1 fully saturated rings. The van der Waals surface area contributed by atoms with Crippen LogP contribution in [0.1, 0.15) is 35.7 Å². The summed E-state index contributed by atoms with van der Waals surface area (Å²) in [6.07, 6.45) is 0.269. The fourth-order valence-corrected chi connectivity index (χ4v) is 2.81. The maximum absolute atomic E-state index is 9.54. The van der Waals surface area contributed by atoms with E-state index in [1.54, 1.807) is 0 Å². The molecule has 0 saturated carbocycles. The molecule has 0 amide bonds. The zero-order valence-electron chi connectivity index (χ0n) is 10.8. The van der Waals surface area contributed by atoms with E-state index in [2.05, 4.69) is 15.5 Å². The third-order valence-electron chi connectivity index (χ3n) is 3.87. The van der Waals surface area contributed by atoms with Gasteiger partial charge >= 0.3 is 0 Å². The smallest absolute Gasteiger partial charge is 0.243 e. The lowest BCUT2D eigenvalue weighted by Gasteiger charge is -2.03. The summed E-state index contributed by atoms with van der Waals surface area (Å²) in [4.78, 5) is 4.48. The van der Waals surface area contributed by atoms with E-state index in [1.807, 2.05) is 24.3 Å². The van der Waals surface area contributed by atoms with Gasteiger partial charge in [-0.3, -0.25) is 0 Å². The molecule has 0 aliphatic carbocycles. The Morgan fingerprint density at radius 1 is 1.30 bits per heavy atom. The van der Waals surface area contributed by atoms with Crippen LogP contribution in [0.4, 0.5) is 0 Å². The Balaban J connectivity index is 1.60. The average molecular weight is 273 g/mol. The first-order valence-electron chi connectivity index (χ1n) is 6.78. The molecule has 4 rings (SSSR count). The zero-order valence-corrected chi connectivity index (χ0v) is 10.8. The SMILES string of the molecule is O[C@H]1CN[C@@H](c2nc(C3COc4ccccc43)no2)C1. The number of nitrogens with zero attached hydrogens (tertiary/aromatic N) is 2. The second kappa shape index (κ2) is 4.57. The lowest BCUT2D eigenvalue weighted by atomic mass is 10.0. The molecule has 2 N–H and O–H groups in total. The van der Waals surface area contributed by atoms with Crippen molar-refractivity contribution < 1.29 is 14.4 Å². The van der Waals surface area contributed by atoms with Crippen molar-refractivity contribution in [3.63, 3.8) is 0 Å². The molecule has 1 aromatic carbocycles. The molecule has 1 saturated heterocycles. The largest absolute Gasteiger partial charge is 0.492 e. The summed E-state index contributed by atoms with van der Waals surface area (Å²) in [5, 5.41) is 16.8. The summed E-state index contributed by atoms with van der Waals surface area (Å²) < 4.78 is 11.0. The van der Waals surface area contributed by atoms with Crippen LogP contribution in [0.15, 0.2) is 28.8 Å². The van der Waals surface area contributed by atoms with Gasteiger partial charge in [-0.15, -0.1) is 0 Å². The molecule has 2 aromatic rings. The Labute approximate surface area is 115 Å². The van der Waals surface area contributed by atoms with Crippen molar-refractivity contribution in [3.05, 3.63) is 41.5 Å². The number of para-hydroxylation sites is 1. The van der Waals surface area contributed by atoms with Crippen LogP contribution in [-0.2, 0) is 0 Å². The Kier molecular flexibility index (Phi) is 2.71. The van der Waals surface area contributed by atoms with Crippen LogP contribution in [0, 0.1) is 0 Å². The summed E-state index contributed by atoms with van der Waals surface area (Å²) >= 11 is 0. The third-order valence-corrected chi connectivity index (χ3v) is 3.87. The molecular formula is C14H15N3O3. The van der Waals surface area contributed by atoms with Crippen LogP contribution in [-0.4, -0.2) is 34.5 Å². The molecule has 1 aromatic heterocycles. The molecule has 1 unspecified atom stereocenters. The first kappa shape index (κ1) is 11.9. The highest BCUT2D eigenvalue weighted by Crippen LogP contribution is 2.37. The number of benzene rings is 1. The second-order valence-corrected chi connectivity index (χ2v) is 5.24. The van der Waals surface area contributed by atoms with Gasteiger partial charge in [0.25, 0.3) is 0 Å². The van der Waals surface area contributed by atoms with Crippen molar-refractivity contribution in [2.24, 2.45) is 0 Å². The van der Waals surface area contributed by atoms with Crippen LogP contribution in [0.3, 0.4) is 0 Å². The minimum Gasteiger partial charge on any atom is -0.492 e. The third kappa shape index (κ3) is 1.88. The number of rotatable bonds is 2. The van der Waals surface area contributed by atoms with Gasteiger partial charge in [0.2, 0.25) is 5.89 Å². The summed E-state index contributed by atoms with van der Waals surface area (Å²) in [6, 6.07) is 7.86. The fraction of sp³-hybridized carbons (Fsp3) is 0.429. The van der Waals surface area contributed by atoms with Crippen molar-refractivity contribution in [3.8, 4) is 5.75 Å². The van der Waals surface area contributed by atoms with Gasteiger partial charge in [0.1, 0.15) is 12.4 Å². The number of aliphatic hydroxyl groups excluding tert-OH is 1. The van der Waals surface area contributed by atoms with Gasteiger partial charge in [-0.2, -0.15) is 4.98 Å². The van der Waals surface area contributed by atoms with Crippen molar-refractivity contribution in [1.82, 2.24) is 15.5 Å². The predicted molar refractivity (Wildman–Crippen MR) is 69.4 cm³/mol. The highest BCUT2D eigenvalue weighted by Gasteiger charge is 2.32. The molecule has 3 heterocycles. The highest BCUT2D eigenvalue weighted by atomic mass is 16.5. The first-order valence-corrected chi connectivity index (χ1v) is 6.78. The van der Waals surface area contributed by atoms with E-state index in [-0.39, 0.29) is 18.1 Å². The fourth-order valence-electron chi connectivity index (χ4n) is 2.81. The van der Waals surface area contributed by atoms with Gasteiger partial charge < -0.3 is 19.7 Å². The molecule has 20 heavy (non-hydrogen) atoms. The number of aliphatic hydroxyl groups is 1. The molecule has 2 aliphatic rings. The van der Waals surface area contributed by atoms with E-state index >= 15 is 0 Å². The zero-order chi connectivity index (χ0) is 13.5. The minimum atomic E-state index is -0.342. The molecule has 2 aliphatic heterocycles. The van der Waals surface area contributed by atoms with Crippen molar-refractivity contribution in [2.45, 2.75) is 24.5 Å². The summed E-state index contributed by atoms with van der Waals surface area (Å²) in [5.74, 6) is 2.10. The van der Waals surface area contributed by atoms with Crippen molar-refractivity contribution >= 4 is 0 Å². The molecule has 6 heteroatoms. The molecule has 6 nitrogen and oxygen atoms in total. The normalized spacial score (nSPS) is 28.4. The molecule has 104 valence electrons. The quantitative estimate of drug-likeness (QED) is 0.849. The average Bonchev–Trinajstić information content (AvgIpc) is 3.15. The second-order valence-electron chi connectivity index (χ2n) is 5.24. The first-order chi connectivity index (χ1) is 9.81. The molecule has 0 radical (unpaired) electrons. The molecule has 0 spiro atoms. The van der Waals surface area contributed by atoms with Gasteiger partial charge in [0, 0.05) is 12.1 Å². The van der Waals surface area contributed by atoms with Crippen LogP contribution in [0.5, 0.6) is 5.75 Å². The number of ether oxygens (including phenoxy) is 1. The van der Waals surface area contributed by atoms with E-state index < -0.39 is 0 Å². The lowest BCUT2D eigenvalue weighted by Crippen LogP contribution is -2.15. The molecular weight excluding hydrogens is 258 g/mol. The summed E-state index contributed by atoms with van der Waals surface area (Å²) in [7, 11) is 0. The van der Waals surface area contributed by atoms with Crippen LogP contribution >= 0.6 is 0 Å². The van der Waals surface area contributed by atoms with Crippen LogP contribution in [0.2, 0.25) is 0 Å². The number of aromatic nitrogens is 2. The Morgan fingerprint density at radius 3 is 3.05 bits per heavy atom. The standard InChI is InChI=1S/C14H15N3O3/c18-8-5-11(15-6-8)14-16-13(17-20-14)10-7-19-12-4-2-1-3-9(10)12/h1-4,8,10-11,15,18H,5-7H2/t8-,10?,11-/m1/s1. The Hall–Kier alpha value is -1.92. The van der Waals surface area contributed by atoms with Gasteiger partial charge in [0.05, 0.1) is 18.1 Å². The van der Waals surface area contributed by atoms with E-state index in [0.717, 1.165) is 11.3 Å². The Bertz CT molecular complexity index is 628. The van der Waals surface area contributed by atoms with Gasteiger partial charge in [-0.25, -0.2) is 0 Å². The monoisotopic (exact) mass is 273 g/mol. The van der Waals surface area contributed by atoms with Gasteiger partial charge in [0.15, 0.2) is 5.82 Å². The highest BCUT2D eigenvalue weighted by molar-refractivity contribution is 5.42. The maximum atomic E-state index is 9.54. The Morgan fingerprint density at radius 2 is 2.20 bits per heavy atom. The topological polar surface area (TPSA) is 80.4 Å². The number of β-amino-alcohol motifs (C(OH)–C–C–N with tert-alkyl or cyclic N) is 1. The number of fused-ring (bicyclic) bond motifs is 1. The summed E-state index contributed by atoms with van der Waals surface area (Å²) in [5.41, 5.74) is 1.10. The number of hydrogen-bond donors (Lipinski definition) is 2. The van der Waals surface area contributed by atoms with Crippen LogP contribution < -0.4 is 10.1 Å². The predicted octanol–water partition coefficient (Wildman–Crippen LogP) is 0.989. The van der Waals surface area contributed by atoms with E-state index in [9.17, 15) is 5.11 Å². The minimum absolute atomic E-state index is 0.0232. The molecule has 3 atom stereocenters. The van der Waals surface area contributed by atoms with Gasteiger partial charge in [-0.1, -0.05) is 23.4 Å². The van der Waals surface area contributed by atoms with Crippen molar-refractivity contribution in [1.29, 1.82) is 0 Å². The maximum Gasteiger partial charge on any atom is 0.243 e. The van der Waals surface area contributed by atoms with E-state index in [4.69, 9.17) is 9.26 Å². The number of hydrogen-bond acceptors (Lipinski definition) is 6. The van der Waals surface area contributed by atoms with E-state index in [1.165, 1.54) is 0 Å². The lowest BCUT2D eigenvalue weighted by molar-refractivity contribution is 0.191.